The van der Waals surface area contributed by atoms with E-state index in [0.717, 1.165) is 44.5 Å². The van der Waals surface area contributed by atoms with Crippen LogP contribution in [-0.2, 0) is 15.4 Å². The van der Waals surface area contributed by atoms with Gasteiger partial charge in [-0.3, -0.25) is 0 Å². The summed E-state index contributed by atoms with van der Waals surface area (Å²) in [6.45, 7) is 3.40. The molecule has 0 aliphatic carbocycles. The lowest BCUT2D eigenvalue weighted by Crippen LogP contribution is -2.43. The lowest BCUT2D eigenvalue weighted by Gasteiger charge is -2.40. The van der Waals surface area contributed by atoms with Crippen LogP contribution in [0, 0.1) is 0 Å². The smallest absolute Gasteiger partial charge is 0.242 e. The summed E-state index contributed by atoms with van der Waals surface area (Å²) in [6, 6.07) is 23.1. The van der Waals surface area contributed by atoms with Gasteiger partial charge < -0.3 is 4.90 Å². The summed E-state index contributed by atoms with van der Waals surface area (Å²) >= 11 is 14.5. The van der Waals surface area contributed by atoms with Crippen LogP contribution in [0.1, 0.15) is 36.3 Å². The first-order chi connectivity index (χ1) is 17.8. The second-order valence-corrected chi connectivity index (χ2v) is 14.0. The average Bonchev–Trinajstić information content (AvgIpc) is 3.27. The Morgan fingerprint density at radius 3 is 2.41 bits per heavy atom. The number of nitrogens with zero attached hydrogens (tertiary/aromatic N) is 2. The van der Waals surface area contributed by atoms with E-state index in [9.17, 15) is 8.42 Å². The Kier molecular flexibility index (Phi) is 8.25. The van der Waals surface area contributed by atoms with Crippen molar-refractivity contribution in [3.8, 4) is 0 Å². The van der Waals surface area contributed by atoms with Crippen LogP contribution in [0.15, 0.2) is 82.6 Å². The van der Waals surface area contributed by atoms with Crippen molar-refractivity contribution in [3.05, 3.63) is 94.0 Å². The Hall–Kier alpha value is -1.54. The summed E-state index contributed by atoms with van der Waals surface area (Å²) in [5, 5.41) is 1.00. The van der Waals surface area contributed by atoms with E-state index in [4.69, 9.17) is 23.2 Å². The monoisotopic (exact) mass is 574 g/mol. The van der Waals surface area contributed by atoms with Crippen LogP contribution >= 0.6 is 35.0 Å². The molecule has 0 radical (unpaired) electrons. The molecule has 4 nitrogen and oxygen atoms in total. The van der Waals surface area contributed by atoms with E-state index in [1.807, 2.05) is 30.0 Å². The van der Waals surface area contributed by atoms with E-state index in [1.165, 1.54) is 20.5 Å². The van der Waals surface area contributed by atoms with Crippen LogP contribution in [0.3, 0.4) is 0 Å². The highest BCUT2D eigenvalue weighted by molar-refractivity contribution is 7.99. The van der Waals surface area contributed by atoms with Crippen LogP contribution < -0.4 is 0 Å². The van der Waals surface area contributed by atoms with E-state index in [1.54, 1.807) is 37.4 Å². The van der Waals surface area contributed by atoms with E-state index in [0.29, 0.717) is 26.9 Å². The van der Waals surface area contributed by atoms with E-state index >= 15 is 0 Å². The number of sulfonamides is 1. The standard InChI is InChI=1S/C29H32Cl2N2O2S2/c1-32(37(34,35)24-7-3-2-4-8-24)20-23(22-11-12-26(30)27(31)19-22)13-16-33-17-14-29(15-18-33)21-36-28-10-6-5-9-25(28)29/h2-12,19,23H,13-18,20-21H2,1H3. The molecule has 0 N–H and O–H groups in total. The molecule has 1 fully saturated rings. The minimum Gasteiger partial charge on any atom is -0.303 e. The molecular formula is C29H32Cl2N2O2S2. The lowest BCUT2D eigenvalue weighted by atomic mass is 9.74. The third-order valence-electron chi connectivity index (χ3n) is 7.91. The normalized spacial score (nSPS) is 18.3. The second-order valence-electron chi connectivity index (χ2n) is 10.2. The molecule has 1 unspecified atom stereocenters. The van der Waals surface area contributed by atoms with Gasteiger partial charge in [-0.2, -0.15) is 0 Å². The molecule has 196 valence electrons. The van der Waals surface area contributed by atoms with Gasteiger partial charge in [-0.05, 0) is 86.3 Å². The number of hydrogen-bond donors (Lipinski definition) is 0. The third-order valence-corrected chi connectivity index (χ3v) is 11.9. The van der Waals surface area contributed by atoms with Gasteiger partial charge in [-0.15, -0.1) is 11.8 Å². The highest BCUT2D eigenvalue weighted by atomic mass is 35.5. The first-order valence-electron chi connectivity index (χ1n) is 12.7. The number of hydrogen-bond acceptors (Lipinski definition) is 4. The Morgan fingerprint density at radius 1 is 0.973 bits per heavy atom. The Morgan fingerprint density at radius 2 is 1.68 bits per heavy atom. The first-order valence-corrected chi connectivity index (χ1v) is 15.9. The molecule has 1 saturated heterocycles. The quantitative estimate of drug-likeness (QED) is 0.292. The van der Waals surface area contributed by atoms with Crippen LogP contribution in [0.5, 0.6) is 0 Å². The molecule has 0 aromatic heterocycles. The molecule has 37 heavy (non-hydrogen) atoms. The van der Waals surface area contributed by atoms with Gasteiger partial charge in [0.25, 0.3) is 0 Å². The zero-order valence-corrected chi connectivity index (χ0v) is 24.1. The van der Waals surface area contributed by atoms with Crippen molar-refractivity contribution >= 4 is 45.0 Å². The molecule has 8 heteroatoms. The summed E-state index contributed by atoms with van der Waals surface area (Å²) in [7, 11) is -1.93. The zero-order valence-electron chi connectivity index (χ0n) is 20.9. The molecule has 3 aromatic carbocycles. The SMILES string of the molecule is CN(CC(CCN1CCC2(CC1)CSc1ccccc12)c1ccc(Cl)c(Cl)c1)S(=O)(=O)c1ccccc1. The Labute approximate surface area is 235 Å². The van der Waals surface area contributed by atoms with E-state index < -0.39 is 10.0 Å². The number of thioether (sulfide) groups is 1. The minimum atomic E-state index is -3.59. The van der Waals surface area contributed by atoms with Gasteiger partial charge in [0.05, 0.1) is 14.9 Å². The fourth-order valence-corrected chi connectivity index (χ4v) is 8.63. The fraction of sp³-hybridized carbons (Fsp3) is 0.379. The van der Waals surface area contributed by atoms with Crippen molar-refractivity contribution in [1.29, 1.82) is 0 Å². The first kappa shape index (κ1) is 27.0. The number of rotatable bonds is 8. The molecule has 0 bridgehead atoms. The second kappa shape index (κ2) is 11.3. The molecule has 2 aliphatic heterocycles. The molecule has 3 aromatic rings. The van der Waals surface area contributed by atoms with Crippen LogP contribution in [0.4, 0.5) is 0 Å². The highest BCUT2D eigenvalue weighted by Gasteiger charge is 2.41. The third kappa shape index (κ3) is 5.75. The predicted octanol–water partition coefficient (Wildman–Crippen LogP) is 6.93. The highest BCUT2D eigenvalue weighted by Crippen LogP contribution is 2.49. The molecule has 0 saturated carbocycles. The molecule has 2 heterocycles. The van der Waals surface area contributed by atoms with Crippen LogP contribution in [0.2, 0.25) is 10.0 Å². The number of piperidine rings is 1. The van der Waals surface area contributed by atoms with Crippen LogP contribution in [-0.4, -0.2) is 56.6 Å². The summed E-state index contributed by atoms with van der Waals surface area (Å²) < 4.78 is 27.9. The zero-order chi connectivity index (χ0) is 26.0. The van der Waals surface area contributed by atoms with Crippen molar-refractivity contribution in [1.82, 2.24) is 9.21 Å². The number of likely N-dealkylation sites (tertiary alicyclic amines) is 1. The number of likely N-dealkylation sites (N-methyl/N-ethyl adjacent to an activating group) is 1. The predicted molar refractivity (Wildman–Crippen MR) is 155 cm³/mol. The van der Waals surface area contributed by atoms with E-state index in [2.05, 4.69) is 29.2 Å². The van der Waals surface area contributed by atoms with E-state index in [-0.39, 0.29) is 5.92 Å². The minimum absolute atomic E-state index is 0.00287. The van der Waals surface area contributed by atoms with Crippen molar-refractivity contribution in [2.24, 2.45) is 0 Å². The maximum absolute atomic E-state index is 13.2. The van der Waals surface area contributed by atoms with Gasteiger partial charge in [0.2, 0.25) is 10.0 Å². The summed E-state index contributed by atoms with van der Waals surface area (Å²) in [5.74, 6) is 1.17. The fourth-order valence-electron chi connectivity index (χ4n) is 5.59. The van der Waals surface area contributed by atoms with Gasteiger partial charge in [-0.25, -0.2) is 12.7 Å². The largest absolute Gasteiger partial charge is 0.303 e. The Balaban J connectivity index is 1.28. The summed E-state index contributed by atoms with van der Waals surface area (Å²) in [6.07, 6.45) is 3.17. The molecule has 5 rings (SSSR count). The Bertz CT molecular complexity index is 1340. The molecule has 2 aliphatic rings. The summed E-state index contributed by atoms with van der Waals surface area (Å²) in [4.78, 5) is 4.28. The van der Waals surface area contributed by atoms with Crippen molar-refractivity contribution < 1.29 is 8.42 Å². The molecule has 1 atom stereocenters. The number of benzene rings is 3. The van der Waals surface area contributed by atoms with Gasteiger partial charge >= 0.3 is 0 Å². The number of halogens is 2. The molecule has 0 amide bonds. The van der Waals surface area contributed by atoms with Crippen molar-refractivity contribution in [3.63, 3.8) is 0 Å². The topological polar surface area (TPSA) is 40.6 Å². The maximum Gasteiger partial charge on any atom is 0.242 e. The van der Waals surface area contributed by atoms with Crippen molar-refractivity contribution in [2.45, 2.75) is 40.4 Å². The van der Waals surface area contributed by atoms with Gasteiger partial charge in [0.1, 0.15) is 0 Å². The number of fused-ring (bicyclic) bond motifs is 2. The van der Waals surface area contributed by atoms with Gasteiger partial charge in [0, 0.05) is 29.7 Å². The average molecular weight is 576 g/mol. The van der Waals surface area contributed by atoms with Gasteiger partial charge in [0.15, 0.2) is 0 Å². The lowest BCUT2D eigenvalue weighted by molar-refractivity contribution is 0.166. The summed E-state index contributed by atoms with van der Waals surface area (Å²) in [5.41, 5.74) is 2.84. The molecular weight excluding hydrogens is 543 g/mol. The molecule has 1 spiro atoms. The van der Waals surface area contributed by atoms with Crippen LogP contribution in [0.25, 0.3) is 0 Å². The maximum atomic E-state index is 13.2. The van der Waals surface area contributed by atoms with Crippen molar-refractivity contribution in [2.75, 3.05) is 39.0 Å². The van der Waals surface area contributed by atoms with Gasteiger partial charge in [-0.1, -0.05) is 65.7 Å².